The molecule has 0 aliphatic rings. The first-order valence-electron chi connectivity index (χ1n) is 7.44. The van der Waals surface area contributed by atoms with Crippen LogP contribution in [-0.4, -0.2) is 16.8 Å². The van der Waals surface area contributed by atoms with Gasteiger partial charge in [0.2, 0.25) is 0 Å². The second-order valence-electron chi connectivity index (χ2n) is 5.51. The fraction of sp³-hybridized carbons (Fsp3) is 0.471. The molecule has 0 saturated carbocycles. The van der Waals surface area contributed by atoms with Crippen molar-refractivity contribution >= 4 is 15.9 Å². The monoisotopic (exact) mass is 349 g/mol. The molecule has 2 rings (SSSR count). The quantitative estimate of drug-likeness (QED) is 0.880. The number of likely N-dealkylation sites (N-methyl/N-ethyl adjacent to an activating group) is 1. The smallest absolute Gasteiger partial charge is 0.0738 e. The highest BCUT2D eigenvalue weighted by atomic mass is 79.9. The number of aryl methyl sites for hydroxylation is 4. The number of rotatable bonds is 5. The van der Waals surface area contributed by atoms with Crippen molar-refractivity contribution in [2.24, 2.45) is 0 Å². The minimum absolute atomic E-state index is 0.295. The Labute approximate surface area is 135 Å². The molecule has 1 atom stereocenters. The van der Waals surface area contributed by atoms with Gasteiger partial charge in [0.15, 0.2) is 0 Å². The van der Waals surface area contributed by atoms with Crippen LogP contribution in [0.2, 0.25) is 0 Å². The van der Waals surface area contributed by atoms with Gasteiger partial charge < -0.3 is 5.32 Å². The van der Waals surface area contributed by atoms with Crippen LogP contribution in [0, 0.1) is 20.8 Å². The average Bonchev–Trinajstić information content (AvgIpc) is 2.73. The standard InChI is InChI=1S/C17H24BrN3/c1-6-21-15(17(18)13(4)20-21)10-14(19-5)16-11(2)8-7-9-12(16)3/h7-9,14,19H,6,10H2,1-5H3. The van der Waals surface area contributed by atoms with E-state index in [1.807, 2.05) is 14.0 Å². The maximum atomic E-state index is 4.60. The molecule has 0 fully saturated rings. The van der Waals surface area contributed by atoms with E-state index in [0.717, 1.165) is 23.1 Å². The zero-order chi connectivity index (χ0) is 15.6. The van der Waals surface area contributed by atoms with Crippen LogP contribution in [-0.2, 0) is 13.0 Å². The molecule has 1 aromatic carbocycles. The number of nitrogens with zero attached hydrogens (tertiary/aromatic N) is 2. The summed E-state index contributed by atoms with van der Waals surface area (Å²) in [4.78, 5) is 0. The Kier molecular flexibility index (Phi) is 5.22. The summed E-state index contributed by atoms with van der Waals surface area (Å²) < 4.78 is 3.23. The SMILES string of the molecule is CCn1nc(C)c(Br)c1CC(NC)c1c(C)cccc1C. The number of nitrogens with one attached hydrogen (secondary N) is 1. The summed E-state index contributed by atoms with van der Waals surface area (Å²) in [5, 5.41) is 8.07. The Balaban J connectivity index is 2.41. The number of hydrogen-bond acceptors (Lipinski definition) is 2. The van der Waals surface area contributed by atoms with E-state index in [0.29, 0.717) is 6.04 Å². The third kappa shape index (κ3) is 3.22. The Hall–Kier alpha value is -1.13. The lowest BCUT2D eigenvalue weighted by Gasteiger charge is -2.22. The Morgan fingerprint density at radius 1 is 1.24 bits per heavy atom. The van der Waals surface area contributed by atoms with Gasteiger partial charge in [0.05, 0.1) is 15.9 Å². The molecule has 4 heteroatoms. The van der Waals surface area contributed by atoms with E-state index in [4.69, 9.17) is 0 Å². The Bertz CT molecular complexity index is 611. The first-order chi connectivity index (χ1) is 9.99. The van der Waals surface area contributed by atoms with Gasteiger partial charge in [0.1, 0.15) is 0 Å². The number of aromatic nitrogens is 2. The summed E-state index contributed by atoms with van der Waals surface area (Å²) in [6.07, 6.45) is 0.928. The van der Waals surface area contributed by atoms with Gasteiger partial charge in [-0.1, -0.05) is 18.2 Å². The number of hydrogen-bond donors (Lipinski definition) is 1. The molecule has 0 bridgehead atoms. The van der Waals surface area contributed by atoms with Crippen LogP contribution in [0.1, 0.15) is 41.0 Å². The summed E-state index contributed by atoms with van der Waals surface area (Å²) in [5.41, 5.74) is 6.39. The molecule has 0 radical (unpaired) electrons. The highest BCUT2D eigenvalue weighted by Gasteiger charge is 2.20. The van der Waals surface area contributed by atoms with Gasteiger partial charge in [-0.3, -0.25) is 4.68 Å². The van der Waals surface area contributed by atoms with Crippen LogP contribution in [0.5, 0.6) is 0 Å². The minimum Gasteiger partial charge on any atom is -0.313 e. The fourth-order valence-electron chi connectivity index (χ4n) is 2.98. The summed E-state index contributed by atoms with van der Waals surface area (Å²) in [5.74, 6) is 0. The lowest BCUT2D eigenvalue weighted by atomic mass is 9.93. The lowest BCUT2D eigenvalue weighted by molar-refractivity contribution is 0.536. The van der Waals surface area contributed by atoms with Crippen molar-refractivity contribution < 1.29 is 0 Å². The van der Waals surface area contributed by atoms with E-state index >= 15 is 0 Å². The number of halogens is 1. The van der Waals surface area contributed by atoms with Crippen LogP contribution in [0.25, 0.3) is 0 Å². The molecule has 114 valence electrons. The van der Waals surface area contributed by atoms with Crippen LogP contribution < -0.4 is 5.32 Å². The largest absolute Gasteiger partial charge is 0.313 e. The molecule has 0 aliphatic heterocycles. The molecule has 1 aromatic heterocycles. The van der Waals surface area contributed by atoms with Crippen molar-refractivity contribution in [3.63, 3.8) is 0 Å². The van der Waals surface area contributed by atoms with Crippen LogP contribution >= 0.6 is 15.9 Å². The van der Waals surface area contributed by atoms with Crippen molar-refractivity contribution in [2.75, 3.05) is 7.05 Å². The second-order valence-corrected chi connectivity index (χ2v) is 6.31. The summed E-state index contributed by atoms with van der Waals surface area (Å²) in [6.45, 7) is 9.45. The topological polar surface area (TPSA) is 29.9 Å². The van der Waals surface area contributed by atoms with Crippen molar-refractivity contribution in [1.29, 1.82) is 0 Å². The normalized spacial score (nSPS) is 12.7. The molecule has 1 heterocycles. The van der Waals surface area contributed by atoms with E-state index in [1.54, 1.807) is 0 Å². The fourth-order valence-corrected chi connectivity index (χ4v) is 3.43. The summed E-state index contributed by atoms with van der Waals surface area (Å²) in [7, 11) is 2.03. The van der Waals surface area contributed by atoms with Gasteiger partial charge in [-0.2, -0.15) is 5.10 Å². The molecule has 0 amide bonds. The molecule has 0 spiro atoms. The van der Waals surface area contributed by atoms with E-state index in [-0.39, 0.29) is 0 Å². The van der Waals surface area contributed by atoms with E-state index in [9.17, 15) is 0 Å². The van der Waals surface area contributed by atoms with Crippen molar-refractivity contribution in [3.05, 3.63) is 50.8 Å². The molecule has 21 heavy (non-hydrogen) atoms. The van der Waals surface area contributed by atoms with Crippen LogP contribution in [0.4, 0.5) is 0 Å². The van der Waals surface area contributed by atoms with E-state index < -0.39 is 0 Å². The maximum absolute atomic E-state index is 4.60. The van der Waals surface area contributed by atoms with Gasteiger partial charge in [-0.15, -0.1) is 0 Å². The van der Waals surface area contributed by atoms with Gasteiger partial charge in [0, 0.05) is 19.0 Å². The lowest BCUT2D eigenvalue weighted by Crippen LogP contribution is -2.22. The Morgan fingerprint density at radius 3 is 2.38 bits per heavy atom. The summed E-state index contributed by atoms with van der Waals surface area (Å²) in [6, 6.07) is 6.79. The zero-order valence-corrected chi connectivity index (χ0v) is 15.1. The van der Waals surface area contributed by atoms with E-state index in [2.05, 4.69) is 70.0 Å². The molecular weight excluding hydrogens is 326 g/mol. The molecule has 1 unspecified atom stereocenters. The zero-order valence-electron chi connectivity index (χ0n) is 13.5. The Morgan fingerprint density at radius 2 is 1.86 bits per heavy atom. The molecule has 2 aromatic rings. The van der Waals surface area contributed by atoms with Crippen molar-refractivity contribution in [3.8, 4) is 0 Å². The average molecular weight is 350 g/mol. The van der Waals surface area contributed by atoms with Gasteiger partial charge in [-0.05, 0) is 67.4 Å². The van der Waals surface area contributed by atoms with Crippen molar-refractivity contribution in [1.82, 2.24) is 15.1 Å². The van der Waals surface area contributed by atoms with Gasteiger partial charge >= 0.3 is 0 Å². The second kappa shape index (κ2) is 6.75. The first-order valence-corrected chi connectivity index (χ1v) is 8.24. The predicted octanol–water partition coefficient (Wildman–Crippen LogP) is 4.09. The predicted molar refractivity (Wildman–Crippen MR) is 91.8 cm³/mol. The molecule has 0 aliphatic carbocycles. The molecular formula is C17H24BrN3. The van der Waals surface area contributed by atoms with Gasteiger partial charge in [0.25, 0.3) is 0 Å². The highest BCUT2D eigenvalue weighted by Crippen LogP contribution is 2.29. The third-order valence-electron chi connectivity index (χ3n) is 4.09. The molecule has 0 saturated heterocycles. The maximum Gasteiger partial charge on any atom is 0.0738 e. The van der Waals surface area contributed by atoms with Crippen LogP contribution in [0.15, 0.2) is 22.7 Å². The number of benzene rings is 1. The summed E-state index contributed by atoms with van der Waals surface area (Å²) >= 11 is 3.70. The van der Waals surface area contributed by atoms with E-state index in [1.165, 1.54) is 22.4 Å². The van der Waals surface area contributed by atoms with Crippen molar-refractivity contribution in [2.45, 2.75) is 46.7 Å². The highest BCUT2D eigenvalue weighted by molar-refractivity contribution is 9.10. The minimum atomic E-state index is 0.295. The first kappa shape index (κ1) is 16.2. The van der Waals surface area contributed by atoms with Gasteiger partial charge in [-0.25, -0.2) is 0 Å². The molecule has 3 nitrogen and oxygen atoms in total. The molecule has 1 N–H and O–H groups in total. The van der Waals surface area contributed by atoms with Crippen LogP contribution in [0.3, 0.4) is 0 Å². The third-order valence-corrected chi connectivity index (χ3v) is 5.12.